The molecule has 3 rings (SSSR count). The van der Waals surface area contributed by atoms with E-state index < -0.39 is 5.97 Å². The molecule has 96 valence electrons. The van der Waals surface area contributed by atoms with Crippen molar-refractivity contribution in [1.82, 2.24) is 19.6 Å². The summed E-state index contributed by atoms with van der Waals surface area (Å²) in [6, 6.07) is 3.16. The lowest BCUT2D eigenvalue weighted by molar-refractivity contribution is 0.0696. The smallest absolute Gasteiger partial charge is 0.337 e. The van der Waals surface area contributed by atoms with E-state index >= 15 is 0 Å². The van der Waals surface area contributed by atoms with Gasteiger partial charge in [-0.2, -0.15) is 0 Å². The Morgan fingerprint density at radius 2 is 2.11 bits per heavy atom. The molecule has 7 heteroatoms. The molecule has 3 aromatic rings. The number of thiazole rings is 1. The molecule has 19 heavy (non-hydrogen) atoms. The van der Waals surface area contributed by atoms with Crippen molar-refractivity contribution in [3.63, 3.8) is 0 Å². The van der Waals surface area contributed by atoms with Crippen LogP contribution in [-0.2, 0) is 0 Å². The molecule has 1 N–H and O–H groups in total. The van der Waals surface area contributed by atoms with Crippen LogP contribution in [0.2, 0.25) is 0 Å². The van der Waals surface area contributed by atoms with Gasteiger partial charge in [0, 0.05) is 6.20 Å². The molecule has 0 saturated heterocycles. The number of hydrogen-bond donors (Lipinski definition) is 1. The van der Waals surface area contributed by atoms with Crippen LogP contribution in [0, 0.1) is 13.8 Å². The highest BCUT2D eigenvalue weighted by atomic mass is 32.1. The quantitative estimate of drug-likeness (QED) is 0.774. The van der Waals surface area contributed by atoms with Crippen LogP contribution in [0.3, 0.4) is 0 Å². The Hall–Kier alpha value is -2.28. The van der Waals surface area contributed by atoms with Crippen LogP contribution < -0.4 is 0 Å². The summed E-state index contributed by atoms with van der Waals surface area (Å²) < 4.78 is 1.68. The van der Waals surface area contributed by atoms with E-state index in [-0.39, 0.29) is 5.56 Å². The standard InChI is InChI=1S/C12H10N4O2S/c1-6-10(19-7(2)13-6)11-15-14-9-4-3-8(12(17)18)5-16(9)11/h3-5H,1-2H3,(H,17,18). The van der Waals surface area contributed by atoms with Crippen LogP contribution in [0.25, 0.3) is 16.3 Å². The number of carboxylic acids is 1. The van der Waals surface area contributed by atoms with Crippen molar-refractivity contribution < 1.29 is 9.90 Å². The van der Waals surface area contributed by atoms with E-state index in [1.807, 2.05) is 13.8 Å². The molecule has 0 amide bonds. The molecular formula is C12H10N4O2S. The van der Waals surface area contributed by atoms with Crippen molar-refractivity contribution in [3.05, 3.63) is 34.6 Å². The van der Waals surface area contributed by atoms with Gasteiger partial charge in [-0.1, -0.05) is 0 Å². The summed E-state index contributed by atoms with van der Waals surface area (Å²) in [5.41, 5.74) is 1.69. The number of fused-ring (bicyclic) bond motifs is 1. The van der Waals surface area contributed by atoms with Gasteiger partial charge in [0.2, 0.25) is 0 Å². The number of hydrogen-bond acceptors (Lipinski definition) is 5. The molecule has 0 unspecified atom stereocenters. The normalized spacial score (nSPS) is 11.1. The van der Waals surface area contributed by atoms with Crippen LogP contribution in [0.5, 0.6) is 0 Å². The number of pyridine rings is 1. The van der Waals surface area contributed by atoms with Gasteiger partial charge in [-0.15, -0.1) is 21.5 Å². The molecule has 0 aliphatic carbocycles. The number of carbonyl (C=O) groups is 1. The van der Waals surface area contributed by atoms with Gasteiger partial charge in [0.25, 0.3) is 0 Å². The predicted molar refractivity (Wildman–Crippen MR) is 70.5 cm³/mol. The summed E-state index contributed by atoms with van der Waals surface area (Å²) in [7, 11) is 0. The number of aromatic carboxylic acids is 1. The highest BCUT2D eigenvalue weighted by Gasteiger charge is 2.15. The lowest BCUT2D eigenvalue weighted by atomic mass is 10.3. The molecular weight excluding hydrogens is 264 g/mol. The molecule has 6 nitrogen and oxygen atoms in total. The van der Waals surface area contributed by atoms with E-state index in [2.05, 4.69) is 15.2 Å². The Balaban J connectivity index is 2.27. The number of carboxylic acid groups (broad SMARTS) is 1. The first-order chi connectivity index (χ1) is 9.06. The lowest BCUT2D eigenvalue weighted by Crippen LogP contribution is -1.99. The second-order valence-electron chi connectivity index (χ2n) is 4.12. The maximum atomic E-state index is 11.0. The van der Waals surface area contributed by atoms with Gasteiger partial charge < -0.3 is 5.11 Å². The van der Waals surface area contributed by atoms with Crippen molar-refractivity contribution in [2.45, 2.75) is 13.8 Å². The first kappa shape index (κ1) is 11.8. The summed E-state index contributed by atoms with van der Waals surface area (Å²) in [6.45, 7) is 3.83. The summed E-state index contributed by atoms with van der Waals surface area (Å²) in [5.74, 6) is -0.347. The first-order valence-electron chi connectivity index (χ1n) is 5.59. The minimum absolute atomic E-state index is 0.201. The third-order valence-electron chi connectivity index (χ3n) is 2.76. The van der Waals surface area contributed by atoms with Crippen molar-refractivity contribution in [3.8, 4) is 10.7 Å². The second kappa shape index (κ2) is 4.13. The molecule has 0 saturated carbocycles. The van der Waals surface area contributed by atoms with E-state index in [0.29, 0.717) is 11.5 Å². The van der Waals surface area contributed by atoms with E-state index in [1.165, 1.54) is 23.6 Å². The molecule has 3 heterocycles. The topological polar surface area (TPSA) is 80.4 Å². The number of rotatable bonds is 2. The van der Waals surface area contributed by atoms with Gasteiger partial charge >= 0.3 is 5.97 Å². The van der Waals surface area contributed by atoms with E-state index in [9.17, 15) is 4.79 Å². The summed E-state index contributed by atoms with van der Waals surface area (Å²) in [4.78, 5) is 16.3. The van der Waals surface area contributed by atoms with Gasteiger partial charge in [0.1, 0.15) is 0 Å². The molecule has 0 fully saturated rings. The molecule has 0 aromatic carbocycles. The zero-order chi connectivity index (χ0) is 13.6. The Morgan fingerprint density at radius 3 is 2.74 bits per heavy atom. The van der Waals surface area contributed by atoms with Crippen molar-refractivity contribution in [1.29, 1.82) is 0 Å². The number of aryl methyl sites for hydroxylation is 2. The molecule has 0 bridgehead atoms. The average Bonchev–Trinajstić information content (AvgIpc) is 2.91. The molecule has 0 spiro atoms. The maximum Gasteiger partial charge on any atom is 0.337 e. The second-order valence-corrected chi connectivity index (χ2v) is 5.33. The van der Waals surface area contributed by atoms with E-state index in [0.717, 1.165) is 15.6 Å². The summed E-state index contributed by atoms with van der Waals surface area (Å²) in [5, 5.41) is 18.2. The minimum atomic E-state index is -0.973. The van der Waals surface area contributed by atoms with Crippen LogP contribution in [-0.4, -0.2) is 30.7 Å². The van der Waals surface area contributed by atoms with Gasteiger partial charge in [0.05, 0.1) is 21.1 Å². The SMILES string of the molecule is Cc1nc(C)c(-c2nnc3ccc(C(=O)O)cn23)s1. The number of aromatic nitrogens is 4. The highest BCUT2D eigenvalue weighted by Crippen LogP contribution is 2.28. The Bertz CT molecular complexity index is 790. The Kier molecular flexibility index (Phi) is 2.56. The predicted octanol–water partition coefficient (Wildman–Crippen LogP) is 2.17. The minimum Gasteiger partial charge on any atom is -0.478 e. The molecule has 3 aromatic heterocycles. The zero-order valence-electron chi connectivity index (χ0n) is 10.3. The summed E-state index contributed by atoms with van der Waals surface area (Å²) >= 11 is 1.52. The first-order valence-corrected chi connectivity index (χ1v) is 6.40. The average molecular weight is 274 g/mol. The number of nitrogens with zero attached hydrogens (tertiary/aromatic N) is 4. The molecule has 0 atom stereocenters. The Labute approximate surface area is 112 Å². The third-order valence-corrected chi connectivity index (χ3v) is 3.82. The van der Waals surface area contributed by atoms with Crippen molar-refractivity contribution >= 4 is 23.0 Å². The monoisotopic (exact) mass is 274 g/mol. The van der Waals surface area contributed by atoms with Crippen LogP contribution in [0.4, 0.5) is 0 Å². The van der Waals surface area contributed by atoms with E-state index in [4.69, 9.17) is 5.11 Å². The third kappa shape index (κ3) is 1.88. The molecule has 0 radical (unpaired) electrons. The highest BCUT2D eigenvalue weighted by molar-refractivity contribution is 7.15. The van der Waals surface area contributed by atoms with Crippen LogP contribution in [0.15, 0.2) is 18.3 Å². The van der Waals surface area contributed by atoms with Gasteiger partial charge in [-0.05, 0) is 26.0 Å². The van der Waals surface area contributed by atoms with Crippen molar-refractivity contribution in [2.24, 2.45) is 0 Å². The fourth-order valence-corrected chi connectivity index (χ4v) is 2.81. The van der Waals surface area contributed by atoms with Crippen LogP contribution in [0.1, 0.15) is 21.1 Å². The Morgan fingerprint density at radius 1 is 1.32 bits per heavy atom. The lowest BCUT2D eigenvalue weighted by Gasteiger charge is -1.99. The van der Waals surface area contributed by atoms with Gasteiger partial charge in [-0.3, -0.25) is 4.40 Å². The zero-order valence-corrected chi connectivity index (χ0v) is 11.1. The van der Waals surface area contributed by atoms with Gasteiger partial charge in [0.15, 0.2) is 11.5 Å². The van der Waals surface area contributed by atoms with Crippen LogP contribution >= 0.6 is 11.3 Å². The van der Waals surface area contributed by atoms with Gasteiger partial charge in [-0.25, -0.2) is 9.78 Å². The van der Waals surface area contributed by atoms with E-state index in [1.54, 1.807) is 10.5 Å². The fraction of sp³-hybridized carbons (Fsp3) is 0.167. The molecule has 0 aliphatic rings. The van der Waals surface area contributed by atoms with Crippen molar-refractivity contribution in [2.75, 3.05) is 0 Å². The summed E-state index contributed by atoms with van der Waals surface area (Å²) in [6.07, 6.45) is 1.53. The fourth-order valence-electron chi connectivity index (χ4n) is 1.91. The largest absolute Gasteiger partial charge is 0.478 e. The maximum absolute atomic E-state index is 11.0. The molecule has 0 aliphatic heterocycles.